The number of anilines is 2. The minimum atomic E-state index is -3.34. The van der Waals surface area contributed by atoms with E-state index >= 15 is 0 Å². The molecule has 1 N–H and O–H groups in total. The number of hydrogen-bond donors (Lipinski definition) is 1. The zero-order chi connectivity index (χ0) is 19.5. The number of nitrogens with one attached hydrogen (secondary N) is 1. The molecule has 2 aromatic carbocycles. The van der Waals surface area contributed by atoms with Crippen molar-refractivity contribution in [1.29, 1.82) is 0 Å². The summed E-state index contributed by atoms with van der Waals surface area (Å²) in [7, 11) is -1.89. The molecule has 0 aliphatic heterocycles. The number of halogens is 2. The topological polar surface area (TPSA) is 75.7 Å². The number of hydrogen-bond acceptors (Lipinski definition) is 4. The molecular formula is C17H18Cl2N2O4S. The van der Waals surface area contributed by atoms with Gasteiger partial charge in [0.25, 0.3) is 5.91 Å². The molecule has 2 aromatic rings. The molecule has 0 bridgehead atoms. The number of rotatable bonds is 6. The maximum atomic E-state index is 12.3. The number of amides is 1. The summed E-state index contributed by atoms with van der Waals surface area (Å²) in [6, 6.07) is 11.3. The predicted molar refractivity (Wildman–Crippen MR) is 105 cm³/mol. The monoisotopic (exact) mass is 416 g/mol. The van der Waals surface area contributed by atoms with E-state index < -0.39 is 22.0 Å². The fourth-order valence-corrected chi connectivity index (χ4v) is 2.87. The summed E-state index contributed by atoms with van der Waals surface area (Å²) in [5.74, 6) is 0.0296. The summed E-state index contributed by atoms with van der Waals surface area (Å²) in [6.45, 7) is 1.59. The molecule has 0 radical (unpaired) electrons. The standard InChI is InChI=1S/C17H18Cl2N2O4S/c1-11(17(22)20-15-6-4-5-14(18)16(15)19)25-13-9-7-12(8-10-13)21(2)26(3,23)24/h4-11H,1-3H3,(H,20,22)/t11-/m0/s1. The Labute approximate surface area is 162 Å². The number of benzene rings is 2. The normalized spacial score (nSPS) is 12.3. The first-order valence-corrected chi connectivity index (χ1v) is 10.2. The van der Waals surface area contributed by atoms with Crippen LogP contribution < -0.4 is 14.4 Å². The van der Waals surface area contributed by atoms with Crippen molar-refractivity contribution in [3.8, 4) is 5.75 Å². The molecule has 0 fully saturated rings. The molecule has 0 saturated carbocycles. The summed E-state index contributed by atoms with van der Waals surface area (Å²) in [5.41, 5.74) is 0.882. The predicted octanol–water partition coefficient (Wildman–Crippen LogP) is 3.80. The highest BCUT2D eigenvalue weighted by atomic mass is 35.5. The Morgan fingerprint density at radius 1 is 1.15 bits per heavy atom. The van der Waals surface area contributed by atoms with E-state index in [1.54, 1.807) is 49.4 Å². The third kappa shape index (κ3) is 5.03. The molecule has 0 aromatic heterocycles. The highest BCUT2D eigenvalue weighted by Crippen LogP contribution is 2.29. The van der Waals surface area contributed by atoms with Gasteiger partial charge in [-0.2, -0.15) is 0 Å². The average Bonchev–Trinajstić information content (AvgIpc) is 2.58. The van der Waals surface area contributed by atoms with E-state index in [0.717, 1.165) is 10.6 Å². The second kappa shape index (κ2) is 8.16. The Morgan fingerprint density at radius 2 is 1.77 bits per heavy atom. The first kappa shape index (κ1) is 20.4. The van der Waals surface area contributed by atoms with E-state index in [-0.39, 0.29) is 5.02 Å². The first-order valence-electron chi connectivity index (χ1n) is 7.55. The van der Waals surface area contributed by atoms with Crippen LogP contribution in [0.25, 0.3) is 0 Å². The second-order valence-corrected chi connectivity index (χ2v) is 8.37. The molecule has 2 rings (SSSR count). The van der Waals surface area contributed by atoms with Crippen LogP contribution in [0.5, 0.6) is 5.75 Å². The SMILES string of the molecule is C[C@H](Oc1ccc(N(C)S(C)(=O)=O)cc1)C(=O)Nc1cccc(Cl)c1Cl. The summed E-state index contributed by atoms with van der Waals surface area (Å²) in [4.78, 5) is 12.3. The Kier molecular flexibility index (Phi) is 6.39. The fraction of sp³-hybridized carbons (Fsp3) is 0.235. The molecule has 0 unspecified atom stereocenters. The fourth-order valence-electron chi connectivity index (χ4n) is 2.02. The third-order valence-electron chi connectivity index (χ3n) is 3.59. The lowest BCUT2D eigenvalue weighted by atomic mass is 10.2. The largest absolute Gasteiger partial charge is 0.481 e. The van der Waals surface area contributed by atoms with E-state index in [1.807, 2.05) is 0 Å². The summed E-state index contributed by atoms with van der Waals surface area (Å²) >= 11 is 12.0. The smallest absolute Gasteiger partial charge is 0.265 e. The van der Waals surface area contributed by atoms with Crippen molar-refractivity contribution >= 4 is 50.5 Å². The van der Waals surface area contributed by atoms with Crippen molar-refractivity contribution in [3.63, 3.8) is 0 Å². The van der Waals surface area contributed by atoms with Gasteiger partial charge in [0.15, 0.2) is 6.10 Å². The molecule has 0 aliphatic rings. The van der Waals surface area contributed by atoms with Crippen LogP contribution in [0.2, 0.25) is 10.0 Å². The van der Waals surface area contributed by atoms with Gasteiger partial charge in [-0.05, 0) is 43.3 Å². The van der Waals surface area contributed by atoms with Crippen LogP contribution in [0, 0.1) is 0 Å². The highest BCUT2D eigenvalue weighted by Gasteiger charge is 2.17. The van der Waals surface area contributed by atoms with Crippen LogP contribution in [-0.2, 0) is 14.8 Å². The zero-order valence-electron chi connectivity index (χ0n) is 14.4. The number of nitrogens with zero attached hydrogens (tertiary/aromatic N) is 1. The van der Waals surface area contributed by atoms with Gasteiger partial charge in [0.1, 0.15) is 5.75 Å². The Hall–Kier alpha value is -1.96. The van der Waals surface area contributed by atoms with E-state index in [9.17, 15) is 13.2 Å². The summed E-state index contributed by atoms with van der Waals surface area (Å²) in [5, 5.41) is 3.24. The van der Waals surface area contributed by atoms with Gasteiger partial charge in [0.05, 0.1) is 27.7 Å². The second-order valence-electron chi connectivity index (χ2n) is 5.58. The number of carbonyl (C=O) groups is 1. The van der Waals surface area contributed by atoms with Crippen molar-refractivity contribution in [3.05, 3.63) is 52.5 Å². The van der Waals surface area contributed by atoms with Gasteiger partial charge in [-0.15, -0.1) is 0 Å². The third-order valence-corrected chi connectivity index (χ3v) is 5.61. The van der Waals surface area contributed by atoms with Gasteiger partial charge in [0.2, 0.25) is 10.0 Å². The molecule has 140 valence electrons. The quantitative estimate of drug-likeness (QED) is 0.776. The van der Waals surface area contributed by atoms with Gasteiger partial charge in [-0.1, -0.05) is 29.3 Å². The van der Waals surface area contributed by atoms with Crippen molar-refractivity contribution in [2.45, 2.75) is 13.0 Å². The van der Waals surface area contributed by atoms with Crippen molar-refractivity contribution in [2.24, 2.45) is 0 Å². The minimum absolute atomic E-state index is 0.253. The lowest BCUT2D eigenvalue weighted by Crippen LogP contribution is -2.30. The average molecular weight is 417 g/mol. The first-order chi connectivity index (χ1) is 12.1. The number of sulfonamides is 1. The molecule has 9 heteroatoms. The number of carbonyl (C=O) groups excluding carboxylic acids is 1. The molecule has 0 heterocycles. The van der Waals surface area contributed by atoms with Crippen LogP contribution >= 0.6 is 23.2 Å². The van der Waals surface area contributed by atoms with Gasteiger partial charge in [-0.3, -0.25) is 9.10 Å². The lowest BCUT2D eigenvalue weighted by Gasteiger charge is -2.18. The maximum Gasteiger partial charge on any atom is 0.265 e. The van der Waals surface area contributed by atoms with Crippen LogP contribution in [0.15, 0.2) is 42.5 Å². The summed E-state index contributed by atoms with van der Waals surface area (Å²) in [6.07, 6.45) is 0.314. The molecule has 1 atom stereocenters. The van der Waals surface area contributed by atoms with E-state index in [4.69, 9.17) is 27.9 Å². The number of ether oxygens (including phenoxy) is 1. The molecule has 26 heavy (non-hydrogen) atoms. The molecular weight excluding hydrogens is 399 g/mol. The molecule has 6 nitrogen and oxygen atoms in total. The molecule has 0 saturated heterocycles. The van der Waals surface area contributed by atoms with Crippen molar-refractivity contribution in [2.75, 3.05) is 22.9 Å². The van der Waals surface area contributed by atoms with Crippen LogP contribution in [0.3, 0.4) is 0 Å². The van der Waals surface area contributed by atoms with Crippen molar-refractivity contribution < 1.29 is 17.9 Å². The van der Waals surface area contributed by atoms with Gasteiger partial charge in [0, 0.05) is 7.05 Å². The van der Waals surface area contributed by atoms with E-state index in [0.29, 0.717) is 22.1 Å². The summed E-state index contributed by atoms with van der Waals surface area (Å²) < 4.78 is 29.8. The van der Waals surface area contributed by atoms with Crippen LogP contribution in [-0.4, -0.2) is 33.7 Å². The maximum absolute atomic E-state index is 12.3. The Balaban J connectivity index is 2.04. The Bertz CT molecular complexity index is 901. The van der Waals surface area contributed by atoms with E-state index in [2.05, 4.69) is 5.32 Å². The zero-order valence-corrected chi connectivity index (χ0v) is 16.7. The Morgan fingerprint density at radius 3 is 2.35 bits per heavy atom. The molecule has 1 amide bonds. The molecule has 0 aliphatic carbocycles. The van der Waals surface area contributed by atoms with Crippen LogP contribution in [0.4, 0.5) is 11.4 Å². The van der Waals surface area contributed by atoms with Crippen LogP contribution in [0.1, 0.15) is 6.92 Å². The highest BCUT2D eigenvalue weighted by molar-refractivity contribution is 7.92. The van der Waals surface area contributed by atoms with Gasteiger partial charge < -0.3 is 10.1 Å². The van der Waals surface area contributed by atoms with E-state index in [1.165, 1.54) is 7.05 Å². The molecule has 0 spiro atoms. The van der Waals surface area contributed by atoms with Crippen molar-refractivity contribution in [1.82, 2.24) is 0 Å². The van der Waals surface area contributed by atoms with Gasteiger partial charge in [-0.25, -0.2) is 8.42 Å². The van der Waals surface area contributed by atoms with Gasteiger partial charge >= 0.3 is 0 Å². The minimum Gasteiger partial charge on any atom is -0.481 e. The lowest BCUT2D eigenvalue weighted by molar-refractivity contribution is -0.122.